The molecule has 0 amide bonds. The second-order valence-corrected chi connectivity index (χ2v) is 8.59. The summed E-state index contributed by atoms with van der Waals surface area (Å²) in [6.07, 6.45) is 0. The van der Waals surface area contributed by atoms with E-state index in [0.29, 0.717) is 16.7 Å². The molecule has 10 heteroatoms. The molecule has 3 rings (SSSR count). The van der Waals surface area contributed by atoms with Gasteiger partial charge in [-0.1, -0.05) is 54.6 Å². The highest BCUT2D eigenvalue weighted by Gasteiger charge is 2.07. The van der Waals surface area contributed by atoms with Gasteiger partial charge in [0.15, 0.2) is 0 Å². The number of benzene rings is 3. The van der Waals surface area contributed by atoms with Gasteiger partial charge in [0.25, 0.3) is 0 Å². The van der Waals surface area contributed by atoms with E-state index in [-0.39, 0.29) is 48.0 Å². The van der Waals surface area contributed by atoms with Crippen molar-refractivity contribution in [3.05, 3.63) is 99.1 Å². The highest BCUT2D eigenvalue weighted by molar-refractivity contribution is 6.21. The zero-order valence-corrected chi connectivity index (χ0v) is 21.3. The smallest absolute Gasteiger partial charge is 0.213 e. The van der Waals surface area contributed by atoms with Gasteiger partial charge in [-0.3, -0.25) is 0 Å². The summed E-state index contributed by atoms with van der Waals surface area (Å²) >= 11 is 0. The molecule has 3 aromatic carbocycles. The fourth-order valence-electron chi connectivity index (χ4n) is 3.24. The van der Waals surface area contributed by atoms with Gasteiger partial charge in [-0.05, 0) is 37.5 Å². The number of aryl methyl sites for hydroxylation is 3. The molecule has 3 aromatic rings. The van der Waals surface area contributed by atoms with Gasteiger partial charge in [0.1, 0.15) is 27.5 Å². The SMILES string of the molecule is Cc1cccc(CN=NC([Si])=C(N=NCc2cccc(C)c2O)N=NCc2cccc(C)c2O)c1O. The minimum atomic E-state index is 0.0585. The predicted molar refractivity (Wildman–Crippen MR) is 137 cm³/mol. The fourth-order valence-corrected chi connectivity index (χ4v) is 3.41. The van der Waals surface area contributed by atoms with Crippen molar-refractivity contribution in [2.45, 2.75) is 40.4 Å². The molecular weight excluding hydrogens is 472 g/mol. The van der Waals surface area contributed by atoms with E-state index in [9.17, 15) is 15.3 Å². The van der Waals surface area contributed by atoms with E-state index in [2.05, 4.69) is 40.9 Å². The van der Waals surface area contributed by atoms with Gasteiger partial charge in [-0.2, -0.15) is 20.5 Å². The molecule has 0 unspecified atom stereocenters. The Morgan fingerprint density at radius 2 is 0.917 bits per heavy atom. The summed E-state index contributed by atoms with van der Waals surface area (Å²) in [7, 11) is 3.39. The van der Waals surface area contributed by atoms with E-state index >= 15 is 0 Å². The molecule has 0 heterocycles. The summed E-state index contributed by atoms with van der Waals surface area (Å²) in [6, 6.07) is 16.2. The number of para-hydroxylation sites is 3. The number of aromatic hydroxyl groups is 3. The highest BCUT2D eigenvalue weighted by Crippen LogP contribution is 2.25. The molecule has 0 fully saturated rings. The van der Waals surface area contributed by atoms with E-state index < -0.39 is 0 Å². The summed E-state index contributed by atoms with van der Waals surface area (Å²) in [5.41, 5.74) is 4.10. The molecule has 0 aliphatic heterocycles. The normalized spacial score (nSPS) is 11.7. The lowest BCUT2D eigenvalue weighted by molar-refractivity contribution is 0.463. The minimum absolute atomic E-state index is 0.0585. The first-order valence-electron chi connectivity index (χ1n) is 11.2. The number of hydrogen-bond donors (Lipinski definition) is 3. The Morgan fingerprint density at radius 3 is 1.28 bits per heavy atom. The summed E-state index contributed by atoms with van der Waals surface area (Å²) in [6.45, 7) is 5.82. The van der Waals surface area contributed by atoms with Crippen LogP contribution in [0.15, 0.2) is 96.4 Å². The van der Waals surface area contributed by atoms with Crippen LogP contribution in [-0.4, -0.2) is 25.6 Å². The van der Waals surface area contributed by atoms with Crippen LogP contribution in [0.2, 0.25) is 0 Å². The molecule has 0 bridgehead atoms. The van der Waals surface area contributed by atoms with Crippen molar-refractivity contribution in [2.75, 3.05) is 0 Å². The Bertz CT molecular complexity index is 1290. The summed E-state index contributed by atoms with van der Waals surface area (Å²) in [4.78, 5) is 0. The number of rotatable bonds is 9. The van der Waals surface area contributed by atoms with Gasteiger partial charge in [0.2, 0.25) is 5.82 Å². The lowest BCUT2D eigenvalue weighted by atomic mass is 10.1. The highest BCUT2D eigenvalue weighted by atomic mass is 28.1. The standard InChI is InChI=1S/C26H27N6O3Si/c1-16-7-4-10-19(22(16)33)13-27-30-25(31-28-14-20-11-5-8-17(2)23(20)34)26(36)32-29-15-21-12-6-9-18(3)24(21)35/h4-12,33-35H,13-15H2,1-3H3. The van der Waals surface area contributed by atoms with Crippen LogP contribution in [0.3, 0.4) is 0 Å². The Balaban J connectivity index is 1.83. The van der Waals surface area contributed by atoms with E-state index in [0.717, 1.165) is 16.7 Å². The van der Waals surface area contributed by atoms with Gasteiger partial charge in [0.05, 0.1) is 25.0 Å². The zero-order chi connectivity index (χ0) is 26.1. The molecule has 36 heavy (non-hydrogen) atoms. The van der Waals surface area contributed by atoms with E-state index in [1.165, 1.54) is 0 Å². The number of nitrogens with zero attached hydrogens (tertiary/aromatic N) is 6. The molecule has 0 aliphatic carbocycles. The van der Waals surface area contributed by atoms with Crippen molar-refractivity contribution in [3.63, 3.8) is 0 Å². The molecule has 3 radical (unpaired) electrons. The molecule has 0 saturated heterocycles. The molecule has 0 saturated carbocycles. The number of hydrogen-bond acceptors (Lipinski definition) is 9. The lowest BCUT2D eigenvalue weighted by Gasteiger charge is -2.04. The second-order valence-electron chi connectivity index (χ2n) is 8.12. The Hall–Kier alpha value is -4.18. The quantitative estimate of drug-likeness (QED) is 0.236. The van der Waals surface area contributed by atoms with Gasteiger partial charge in [-0.25, -0.2) is 0 Å². The van der Waals surface area contributed by atoms with Crippen LogP contribution < -0.4 is 0 Å². The summed E-state index contributed by atoms with van der Waals surface area (Å²) < 4.78 is 0. The third-order valence-corrected chi connectivity index (χ3v) is 5.72. The maximum atomic E-state index is 10.2. The topological polar surface area (TPSA) is 135 Å². The molecule has 0 aliphatic rings. The Kier molecular flexibility index (Phi) is 9.17. The van der Waals surface area contributed by atoms with Crippen molar-refractivity contribution in [2.24, 2.45) is 30.7 Å². The van der Waals surface area contributed by atoms with Gasteiger partial charge >= 0.3 is 0 Å². The maximum absolute atomic E-state index is 10.2. The first kappa shape index (κ1) is 26.4. The summed E-state index contributed by atoms with van der Waals surface area (Å²) in [5.74, 6) is 0.555. The van der Waals surface area contributed by atoms with Gasteiger partial charge < -0.3 is 15.3 Å². The third kappa shape index (κ3) is 6.92. The molecule has 9 nitrogen and oxygen atoms in total. The predicted octanol–water partition coefficient (Wildman–Crippen LogP) is 6.28. The molecule has 0 atom stereocenters. The first-order valence-corrected chi connectivity index (χ1v) is 11.7. The largest absolute Gasteiger partial charge is 0.507 e. The van der Waals surface area contributed by atoms with Crippen LogP contribution in [0.4, 0.5) is 0 Å². The van der Waals surface area contributed by atoms with Crippen molar-refractivity contribution >= 4 is 10.2 Å². The summed E-state index contributed by atoms with van der Waals surface area (Å²) in [5, 5.41) is 55.6. The van der Waals surface area contributed by atoms with Crippen LogP contribution in [-0.2, 0) is 19.6 Å². The van der Waals surface area contributed by atoms with Crippen molar-refractivity contribution in [3.8, 4) is 17.2 Å². The van der Waals surface area contributed by atoms with Crippen LogP contribution in [0.25, 0.3) is 0 Å². The average Bonchev–Trinajstić information content (AvgIpc) is 2.85. The Labute approximate surface area is 213 Å². The van der Waals surface area contributed by atoms with Crippen LogP contribution >= 0.6 is 0 Å². The van der Waals surface area contributed by atoms with E-state index in [4.69, 9.17) is 0 Å². The van der Waals surface area contributed by atoms with Gasteiger partial charge in [0, 0.05) is 16.7 Å². The van der Waals surface area contributed by atoms with E-state index in [1.54, 1.807) is 44.2 Å². The molecule has 3 N–H and O–H groups in total. The van der Waals surface area contributed by atoms with Crippen LogP contribution in [0.1, 0.15) is 33.4 Å². The van der Waals surface area contributed by atoms with Gasteiger partial charge in [-0.15, -0.1) is 10.2 Å². The van der Waals surface area contributed by atoms with Crippen molar-refractivity contribution < 1.29 is 15.3 Å². The number of azo groups is 3. The molecule has 183 valence electrons. The zero-order valence-electron chi connectivity index (χ0n) is 20.3. The van der Waals surface area contributed by atoms with Crippen LogP contribution in [0, 0.1) is 20.8 Å². The number of phenols is 3. The molecular formula is C26H27N6O3Si. The number of phenolic OH excluding ortho intramolecular Hbond substituents is 3. The van der Waals surface area contributed by atoms with Crippen molar-refractivity contribution in [1.82, 2.24) is 0 Å². The fraction of sp³-hybridized carbons (Fsp3) is 0.231. The lowest BCUT2D eigenvalue weighted by Crippen LogP contribution is -1.89. The average molecular weight is 500 g/mol. The first-order chi connectivity index (χ1) is 17.3. The minimum Gasteiger partial charge on any atom is -0.507 e. The maximum Gasteiger partial charge on any atom is 0.213 e. The third-order valence-electron chi connectivity index (χ3n) is 5.40. The van der Waals surface area contributed by atoms with Crippen LogP contribution in [0.5, 0.6) is 17.2 Å². The van der Waals surface area contributed by atoms with Crippen molar-refractivity contribution in [1.29, 1.82) is 0 Å². The molecule has 0 aromatic heterocycles. The monoisotopic (exact) mass is 499 g/mol. The second kappa shape index (κ2) is 12.5. The Morgan fingerprint density at radius 1 is 0.583 bits per heavy atom. The van der Waals surface area contributed by atoms with E-state index in [1.807, 2.05) is 31.2 Å². The molecule has 0 spiro atoms.